The summed E-state index contributed by atoms with van der Waals surface area (Å²) < 4.78 is 31.8. The molecule has 8 heteroatoms. The first kappa shape index (κ1) is 24.6. The van der Waals surface area contributed by atoms with Gasteiger partial charge in [0.25, 0.3) is 5.91 Å². The molecule has 0 aromatic heterocycles. The minimum Gasteiger partial charge on any atom is -0.492 e. The summed E-state index contributed by atoms with van der Waals surface area (Å²) in [5.41, 5.74) is 3.68. The van der Waals surface area contributed by atoms with Crippen LogP contribution >= 0.6 is 11.6 Å². The Kier molecular flexibility index (Phi) is 8.00. The maximum absolute atomic E-state index is 12.4. The predicted octanol–water partition coefficient (Wildman–Crippen LogP) is 4.73. The Hall–Kier alpha value is -3.03. The molecular weight excluding hydrogens is 460 g/mol. The number of benzene rings is 3. The first-order valence-electron chi connectivity index (χ1n) is 10.4. The van der Waals surface area contributed by atoms with Crippen LogP contribution in [0.2, 0.25) is 5.02 Å². The topological polar surface area (TPSA) is 75.7 Å². The largest absolute Gasteiger partial charge is 0.492 e. The minimum absolute atomic E-state index is 0.146. The first-order valence-corrected chi connectivity index (χ1v) is 12.7. The normalized spacial score (nSPS) is 11.2. The van der Waals surface area contributed by atoms with Crippen LogP contribution in [0.15, 0.2) is 66.7 Å². The maximum Gasteiger partial charge on any atom is 0.251 e. The lowest BCUT2D eigenvalue weighted by atomic mass is 10.1. The van der Waals surface area contributed by atoms with Crippen LogP contribution in [0.5, 0.6) is 5.75 Å². The number of nitrogens with zero attached hydrogens (tertiary/aromatic N) is 1. The van der Waals surface area contributed by atoms with Crippen LogP contribution in [0, 0.1) is 13.8 Å². The van der Waals surface area contributed by atoms with E-state index in [4.69, 9.17) is 16.3 Å². The Balaban J connectivity index is 1.60. The van der Waals surface area contributed by atoms with Gasteiger partial charge in [0.05, 0.1) is 25.0 Å². The fourth-order valence-corrected chi connectivity index (χ4v) is 4.52. The molecule has 0 fully saturated rings. The van der Waals surface area contributed by atoms with Crippen molar-refractivity contribution in [2.75, 3.05) is 23.7 Å². The van der Waals surface area contributed by atoms with E-state index in [0.717, 1.165) is 22.4 Å². The zero-order valence-electron chi connectivity index (χ0n) is 18.8. The predicted molar refractivity (Wildman–Crippen MR) is 133 cm³/mol. The van der Waals surface area contributed by atoms with E-state index in [1.807, 2.05) is 38.1 Å². The van der Waals surface area contributed by atoms with Crippen LogP contribution in [-0.4, -0.2) is 33.7 Å². The first-order chi connectivity index (χ1) is 15.6. The van der Waals surface area contributed by atoms with Gasteiger partial charge in [-0.3, -0.25) is 9.10 Å². The number of hydrogen-bond acceptors (Lipinski definition) is 4. The van der Waals surface area contributed by atoms with Crippen LogP contribution in [-0.2, 0) is 16.6 Å². The average Bonchev–Trinajstić information content (AvgIpc) is 2.75. The molecule has 6 nitrogen and oxygen atoms in total. The molecule has 0 saturated carbocycles. The number of halogens is 1. The molecule has 174 valence electrons. The molecule has 0 bridgehead atoms. The number of rotatable bonds is 9. The number of amides is 1. The zero-order chi connectivity index (χ0) is 24.0. The lowest BCUT2D eigenvalue weighted by Gasteiger charge is -2.24. The summed E-state index contributed by atoms with van der Waals surface area (Å²) in [5.74, 6) is 0.544. The smallest absolute Gasteiger partial charge is 0.251 e. The fourth-order valence-electron chi connectivity index (χ4n) is 3.35. The molecule has 3 aromatic rings. The Labute approximate surface area is 200 Å². The standard InChI is InChI=1S/C25H27ClN2O4S/c1-18-5-4-6-23(15-18)32-14-13-27-25(29)21-9-7-20(8-10-21)17-28(33(3,30)31)24-12-11-22(26)16-19(24)2/h4-12,15-16H,13-14,17H2,1-3H3,(H,27,29). The van der Waals surface area contributed by atoms with Gasteiger partial charge >= 0.3 is 0 Å². The summed E-state index contributed by atoms with van der Waals surface area (Å²) in [6.45, 7) is 4.68. The second-order valence-corrected chi connectivity index (χ2v) is 10.2. The molecule has 0 aliphatic rings. The third kappa shape index (κ3) is 6.97. The Morgan fingerprint density at radius 1 is 1.03 bits per heavy atom. The highest BCUT2D eigenvalue weighted by atomic mass is 35.5. The van der Waals surface area contributed by atoms with E-state index in [1.165, 1.54) is 10.6 Å². The lowest BCUT2D eigenvalue weighted by molar-refractivity contribution is 0.0947. The van der Waals surface area contributed by atoms with Gasteiger partial charge in [0.2, 0.25) is 10.0 Å². The molecule has 33 heavy (non-hydrogen) atoms. The second kappa shape index (κ2) is 10.7. The van der Waals surface area contributed by atoms with Crippen molar-refractivity contribution < 1.29 is 17.9 Å². The molecule has 0 aliphatic heterocycles. The summed E-state index contributed by atoms with van der Waals surface area (Å²) >= 11 is 6.01. The van der Waals surface area contributed by atoms with E-state index in [9.17, 15) is 13.2 Å². The number of nitrogens with one attached hydrogen (secondary N) is 1. The summed E-state index contributed by atoms with van der Waals surface area (Å²) in [4.78, 5) is 12.4. The third-order valence-corrected chi connectivity index (χ3v) is 6.38. The van der Waals surface area contributed by atoms with E-state index < -0.39 is 10.0 Å². The highest BCUT2D eigenvalue weighted by Gasteiger charge is 2.20. The van der Waals surface area contributed by atoms with Crippen LogP contribution < -0.4 is 14.4 Å². The van der Waals surface area contributed by atoms with Gasteiger partial charge < -0.3 is 10.1 Å². The van der Waals surface area contributed by atoms with E-state index in [2.05, 4.69) is 5.32 Å². The molecule has 0 atom stereocenters. The van der Waals surface area contributed by atoms with Crippen molar-refractivity contribution in [2.24, 2.45) is 0 Å². The molecule has 1 amide bonds. The van der Waals surface area contributed by atoms with Crippen molar-refractivity contribution in [3.05, 3.63) is 94.0 Å². The molecule has 3 aromatic carbocycles. The van der Waals surface area contributed by atoms with E-state index >= 15 is 0 Å². The Morgan fingerprint density at radius 3 is 2.39 bits per heavy atom. The number of aryl methyl sites for hydroxylation is 2. The van der Waals surface area contributed by atoms with Crippen molar-refractivity contribution in [1.82, 2.24) is 5.32 Å². The van der Waals surface area contributed by atoms with Crippen molar-refractivity contribution in [3.63, 3.8) is 0 Å². The molecule has 0 radical (unpaired) electrons. The van der Waals surface area contributed by atoms with Gasteiger partial charge in [0.15, 0.2) is 0 Å². The van der Waals surface area contributed by atoms with Crippen LogP contribution in [0.25, 0.3) is 0 Å². The van der Waals surface area contributed by atoms with Crippen LogP contribution in [0.1, 0.15) is 27.0 Å². The zero-order valence-corrected chi connectivity index (χ0v) is 20.4. The fraction of sp³-hybridized carbons (Fsp3) is 0.240. The van der Waals surface area contributed by atoms with Gasteiger partial charge in [0, 0.05) is 10.6 Å². The van der Waals surface area contributed by atoms with E-state index in [-0.39, 0.29) is 12.5 Å². The molecule has 3 rings (SSSR count). The maximum atomic E-state index is 12.4. The number of carbonyl (C=O) groups excluding carboxylic acids is 1. The number of carbonyl (C=O) groups is 1. The van der Waals surface area contributed by atoms with Crippen molar-refractivity contribution in [3.8, 4) is 5.75 Å². The monoisotopic (exact) mass is 486 g/mol. The van der Waals surface area contributed by atoms with Crippen LogP contribution in [0.3, 0.4) is 0 Å². The molecule has 0 aliphatic carbocycles. The summed E-state index contributed by atoms with van der Waals surface area (Å²) in [6, 6.07) is 19.7. The van der Waals surface area contributed by atoms with Gasteiger partial charge in [0.1, 0.15) is 12.4 Å². The summed E-state index contributed by atoms with van der Waals surface area (Å²) in [7, 11) is -3.52. The van der Waals surface area contributed by atoms with Gasteiger partial charge in [-0.2, -0.15) is 0 Å². The van der Waals surface area contributed by atoms with Crippen LogP contribution in [0.4, 0.5) is 5.69 Å². The summed E-state index contributed by atoms with van der Waals surface area (Å²) in [6.07, 6.45) is 1.17. The Bertz CT molecular complexity index is 1230. The molecule has 0 spiro atoms. The molecule has 0 saturated heterocycles. The SMILES string of the molecule is Cc1cccc(OCCNC(=O)c2ccc(CN(c3ccc(Cl)cc3C)S(C)(=O)=O)cc2)c1. The number of ether oxygens (including phenoxy) is 1. The van der Waals surface area contributed by atoms with E-state index in [1.54, 1.807) is 42.5 Å². The van der Waals surface area contributed by atoms with Crippen molar-refractivity contribution in [2.45, 2.75) is 20.4 Å². The minimum atomic E-state index is -3.52. The molecule has 1 N–H and O–H groups in total. The van der Waals surface area contributed by atoms with Gasteiger partial charge in [-0.15, -0.1) is 0 Å². The van der Waals surface area contributed by atoms with E-state index in [0.29, 0.717) is 29.4 Å². The average molecular weight is 487 g/mol. The molecule has 0 unspecified atom stereocenters. The highest BCUT2D eigenvalue weighted by Crippen LogP contribution is 2.27. The highest BCUT2D eigenvalue weighted by molar-refractivity contribution is 7.92. The Morgan fingerprint density at radius 2 is 1.76 bits per heavy atom. The van der Waals surface area contributed by atoms with Gasteiger partial charge in [-0.25, -0.2) is 8.42 Å². The quantitative estimate of drug-likeness (QED) is 0.443. The molecule has 0 heterocycles. The van der Waals surface area contributed by atoms with Crippen molar-refractivity contribution in [1.29, 1.82) is 0 Å². The number of anilines is 1. The third-order valence-electron chi connectivity index (χ3n) is 5.02. The number of sulfonamides is 1. The van der Waals surface area contributed by atoms with Gasteiger partial charge in [-0.1, -0.05) is 35.9 Å². The summed E-state index contributed by atoms with van der Waals surface area (Å²) in [5, 5.41) is 3.37. The van der Waals surface area contributed by atoms with Crippen molar-refractivity contribution >= 4 is 33.2 Å². The van der Waals surface area contributed by atoms with Gasteiger partial charge in [-0.05, 0) is 73.0 Å². The lowest BCUT2D eigenvalue weighted by Crippen LogP contribution is -2.30. The number of hydrogen-bond donors (Lipinski definition) is 1. The molecular formula is C25H27ClN2O4S. The second-order valence-electron chi connectivity index (χ2n) is 7.82.